The fourth-order valence-corrected chi connectivity index (χ4v) is 4.40. The third kappa shape index (κ3) is 5.29. The predicted molar refractivity (Wildman–Crippen MR) is 129 cm³/mol. The Balaban J connectivity index is 1.50. The molecule has 172 valence electrons. The summed E-state index contributed by atoms with van der Waals surface area (Å²) in [6.45, 7) is 2.47. The number of rotatable bonds is 7. The smallest absolute Gasteiger partial charge is 0.258 e. The number of nitrogens with zero attached hydrogens (tertiary/aromatic N) is 2. The van der Waals surface area contributed by atoms with Gasteiger partial charge in [-0.1, -0.05) is 30.3 Å². The van der Waals surface area contributed by atoms with Gasteiger partial charge in [-0.25, -0.2) is 0 Å². The average molecular weight is 447 g/mol. The van der Waals surface area contributed by atoms with Crippen LogP contribution in [0, 0.1) is 0 Å². The van der Waals surface area contributed by atoms with E-state index in [4.69, 9.17) is 9.47 Å². The van der Waals surface area contributed by atoms with Crippen LogP contribution in [0.4, 0.5) is 5.69 Å². The first-order valence-electron chi connectivity index (χ1n) is 11.2. The number of anilines is 1. The van der Waals surface area contributed by atoms with Gasteiger partial charge < -0.3 is 19.5 Å². The highest BCUT2D eigenvalue weighted by molar-refractivity contribution is 6.06. The zero-order valence-corrected chi connectivity index (χ0v) is 19.1. The van der Waals surface area contributed by atoms with Crippen molar-refractivity contribution in [2.45, 2.75) is 25.4 Å². The lowest BCUT2D eigenvalue weighted by Crippen LogP contribution is -2.47. The zero-order valence-electron chi connectivity index (χ0n) is 19.1. The summed E-state index contributed by atoms with van der Waals surface area (Å²) in [4.78, 5) is 17.8. The maximum atomic E-state index is 13.5. The molecule has 1 saturated heterocycles. The van der Waals surface area contributed by atoms with Crippen LogP contribution in [-0.4, -0.2) is 49.3 Å². The second kappa shape index (κ2) is 10.4. The minimum absolute atomic E-state index is 0.00220. The lowest BCUT2D eigenvalue weighted by atomic mass is 10.00. The van der Waals surface area contributed by atoms with Crippen molar-refractivity contribution < 1.29 is 19.4 Å². The summed E-state index contributed by atoms with van der Waals surface area (Å²) in [5.41, 5.74) is 2.56. The summed E-state index contributed by atoms with van der Waals surface area (Å²) in [7, 11) is 3.18. The van der Waals surface area contributed by atoms with Crippen molar-refractivity contribution >= 4 is 11.6 Å². The van der Waals surface area contributed by atoms with Crippen molar-refractivity contribution in [3.05, 3.63) is 83.9 Å². The maximum absolute atomic E-state index is 13.5. The van der Waals surface area contributed by atoms with Crippen LogP contribution in [0.2, 0.25) is 0 Å². The van der Waals surface area contributed by atoms with Gasteiger partial charge in [-0.2, -0.15) is 0 Å². The predicted octanol–water partition coefficient (Wildman–Crippen LogP) is 4.72. The number of amides is 1. The van der Waals surface area contributed by atoms with Crippen LogP contribution in [-0.2, 0) is 6.54 Å². The Bertz CT molecular complexity index is 1080. The van der Waals surface area contributed by atoms with Crippen LogP contribution in [0.1, 0.15) is 28.8 Å². The van der Waals surface area contributed by atoms with E-state index in [1.165, 1.54) is 0 Å². The van der Waals surface area contributed by atoms with Gasteiger partial charge in [0.05, 0.1) is 14.2 Å². The van der Waals surface area contributed by atoms with Gasteiger partial charge in [0.1, 0.15) is 5.75 Å². The number of phenols is 1. The number of carbonyl (C=O) groups is 1. The van der Waals surface area contributed by atoms with Gasteiger partial charge in [-0.05, 0) is 54.8 Å². The largest absolute Gasteiger partial charge is 0.504 e. The summed E-state index contributed by atoms with van der Waals surface area (Å²) in [5.74, 6) is 1.37. The lowest BCUT2D eigenvalue weighted by molar-refractivity contribution is 0.0958. The lowest BCUT2D eigenvalue weighted by Gasteiger charge is -2.38. The van der Waals surface area contributed by atoms with Gasteiger partial charge >= 0.3 is 0 Å². The Hall–Kier alpha value is -3.51. The standard InChI is InChI=1S/C27H30N2O4/c1-32-24-10-6-9-23(18-24)29(27(31)21-7-4-3-5-8-21)22-13-15-28(16-14-22)19-20-11-12-26(33-2)25(30)17-20/h3-12,17-18,22,30H,13-16,19H2,1-2H3. The fourth-order valence-electron chi connectivity index (χ4n) is 4.40. The van der Waals surface area contributed by atoms with E-state index >= 15 is 0 Å². The minimum atomic E-state index is 0.00220. The van der Waals surface area contributed by atoms with Crippen molar-refractivity contribution in [3.8, 4) is 17.2 Å². The van der Waals surface area contributed by atoms with Gasteiger partial charge in [0, 0.05) is 43.0 Å². The topological polar surface area (TPSA) is 62.2 Å². The molecule has 1 fully saturated rings. The molecule has 1 amide bonds. The minimum Gasteiger partial charge on any atom is -0.504 e. The number of ether oxygens (including phenoxy) is 2. The zero-order chi connectivity index (χ0) is 23.2. The van der Waals surface area contributed by atoms with Gasteiger partial charge in [-0.15, -0.1) is 0 Å². The first-order valence-corrected chi connectivity index (χ1v) is 11.2. The normalized spacial score (nSPS) is 14.6. The molecular formula is C27H30N2O4. The molecule has 6 nitrogen and oxygen atoms in total. The molecule has 0 saturated carbocycles. The molecule has 0 aromatic heterocycles. The summed E-state index contributed by atoms with van der Waals surface area (Å²) in [6.07, 6.45) is 1.72. The monoisotopic (exact) mass is 446 g/mol. The van der Waals surface area contributed by atoms with Crippen molar-refractivity contribution in [1.82, 2.24) is 4.90 Å². The number of phenolic OH excluding ortho intramolecular Hbond substituents is 1. The molecule has 4 rings (SSSR count). The van der Waals surface area contributed by atoms with Gasteiger partial charge in [0.2, 0.25) is 0 Å². The number of carbonyl (C=O) groups excluding carboxylic acids is 1. The van der Waals surface area contributed by atoms with E-state index in [1.54, 1.807) is 26.4 Å². The number of benzene rings is 3. The third-order valence-electron chi connectivity index (χ3n) is 6.14. The van der Waals surface area contributed by atoms with E-state index in [9.17, 15) is 9.90 Å². The van der Waals surface area contributed by atoms with Gasteiger partial charge in [0.15, 0.2) is 11.5 Å². The molecule has 33 heavy (non-hydrogen) atoms. The third-order valence-corrected chi connectivity index (χ3v) is 6.14. The number of hydrogen-bond acceptors (Lipinski definition) is 5. The van der Waals surface area contributed by atoms with Crippen LogP contribution in [0.5, 0.6) is 17.2 Å². The van der Waals surface area contributed by atoms with Crippen LogP contribution in [0.15, 0.2) is 72.8 Å². The highest BCUT2D eigenvalue weighted by Gasteiger charge is 2.30. The van der Waals surface area contributed by atoms with E-state index in [0.717, 1.165) is 49.5 Å². The van der Waals surface area contributed by atoms with Crippen LogP contribution in [0.3, 0.4) is 0 Å². The number of methoxy groups -OCH3 is 2. The molecule has 3 aromatic carbocycles. The summed E-state index contributed by atoms with van der Waals surface area (Å²) >= 11 is 0. The molecule has 0 spiro atoms. The van der Waals surface area contributed by atoms with Crippen molar-refractivity contribution in [2.75, 3.05) is 32.2 Å². The average Bonchev–Trinajstić information content (AvgIpc) is 2.86. The molecule has 1 aliphatic heterocycles. The number of piperidine rings is 1. The Morgan fingerprint density at radius 2 is 1.73 bits per heavy atom. The quantitative estimate of drug-likeness (QED) is 0.569. The molecular weight excluding hydrogens is 416 g/mol. The van der Waals surface area contributed by atoms with Crippen LogP contribution < -0.4 is 14.4 Å². The number of aromatic hydroxyl groups is 1. The molecule has 1 aliphatic rings. The Morgan fingerprint density at radius 3 is 2.39 bits per heavy atom. The molecule has 6 heteroatoms. The highest BCUT2D eigenvalue weighted by Crippen LogP contribution is 2.30. The molecule has 0 radical (unpaired) electrons. The van der Waals surface area contributed by atoms with E-state index in [0.29, 0.717) is 11.3 Å². The number of likely N-dealkylation sites (tertiary alicyclic amines) is 1. The van der Waals surface area contributed by atoms with Gasteiger partial charge in [0.25, 0.3) is 5.91 Å². The summed E-state index contributed by atoms with van der Waals surface area (Å²) in [5, 5.41) is 10.1. The molecule has 0 unspecified atom stereocenters. The Labute approximate surface area is 195 Å². The molecule has 3 aromatic rings. The molecule has 0 atom stereocenters. The fraction of sp³-hybridized carbons (Fsp3) is 0.296. The number of hydrogen-bond donors (Lipinski definition) is 1. The highest BCUT2D eigenvalue weighted by atomic mass is 16.5. The Kier molecular flexibility index (Phi) is 7.15. The molecule has 1 N–H and O–H groups in total. The van der Waals surface area contributed by atoms with Crippen LogP contribution >= 0.6 is 0 Å². The Morgan fingerprint density at radius 1 is 0.970 bits per heavy atom. The molecule has 1 heterocycles. The van der Waals surface area contributed by atoms with E-state index in [1.807, 2.05) is 65.6 Å². The van der Waals surface area contributed by atoms with Crippen molar-refractivity contribution in [1.29, 1.82) is 0 Å². The van der Waals surface area contributed by atoms with Crippen LogP contribution in [0.25, 0.3) is 0 Å². The van der Waals surface area contributed by atoms with Crippen molar-refractivity contribution in [2.24, 2.45) is 0 Å². The van der Waals surface area contributed by atoms with E-state index in [-0.39, 0.29) is 17.7 Å². The summed E-state index contributed by atoms with van der Waals surface area (Å²) in [6, 6.07) is 22.7. The second-order valence-electron chi connectivity index (χ2n) is 8.26. The molecule has 0 bridgehead atoms. The van der Waals surface area contributed by atoms with Crippen molar-refractivity contribution in [3.63, 3.8) is 0 Å². The van der Waals surface area contributed by atoms with Gasteiger partial charge in [-0.3, -0.25) is 9.69 Å². The van der Waals surface area contributed by atoms with E-state index < -0.39 is 0 Å². The first-order chi connectivity index (χ1) is 16.1. The summed E-state index contributed by atoms with van der Waals surface area (Å²) < 4.78 is 10.5. The SMILES string of the molecule is COc1cccc(N(C(=O)c2ccccc2)C2CCN(Cc3ccc(OC)c(O)c3)CC2)c1. The molecule has 0 aliphatic carbocycles. The first kappa shape index (κ1) is 22.7. The van der Waals surface area contributed by atoms with E-state index in [2.05, 4.69) is 4.90 Å². The maximum Gasteiger partial charge on any atom is 0.258 e. The second-order valence-corrected chi connectivity index (χ2v) is 8.26.